The molecule has 0 saturated heterocycles. The number of halogens is 3. The second kappa shape index (κ2) is 7.21. The molecule has 0 aliphatic rings. The summed E-state index contributed by atoms with van der Waals surface area (Å²) >= 11 is 18.6. The van der Waals surface area contributed by atoms with Gasteiger partial charge in [0.1, 0.15) is 10.2 Å². The number of nitrogens with one attached hydrogen (secondary N) is 1. The molecule has 1 amide bonds. The number of rotatable bonds is 4. The lowest BCUT2D eigenvalue weighted by molar-refractivity contribution is 0.170. The first-order valence-corrected chi connectivity index (χ1v) is 6.71. The number of alkyl halides is 2. The molecule has 1 aromatic rings. The summed E-state index contributed by atoms with van der Waals surface area (Å²) in [5, 5.41) is 2.68. The largest absolute Gasteiger partial charge is 0.453 e. The number of methoxy groups -OCH3 is 1. The van der Waals surface area contributed by atoms with E-state index in [0.717, 1.165) is 4.90 Å². The molecule has 0 saturated carbocycles. The van der Waals surface area contributed by atoms with Gasteiger partial charge in [-0.3, -0.25) is 0 Å². The Hall–Kier alpha value is -0.290. The van der Waals surface area contributed by atoms with E-state index in [1.807, 2.05) is 12.1 Å². The van der Waals surface area contributed by atoms with Crippen LogP contribution in [0.4, 0.5) is 4.79 Å². The van der Waals surface area contributed by atoms with Crippen LogP contribution < -0.4 is 5.32 Å². The van der Waals surface area contributed by atoms with Gasteiger partial charge in [0.25, 0.3) is 0 Å². The van der Waals surface area contributed by atoms with Crippen LogP contribution in [0.3, 0.4) is 0 Å². The van der Waals surface area contributed by atoms with Crippen molar-refractivity contribution in [1.82, 2.24) is 5.32 Å². The van der Waals surface area contributed by atoms with Crippen LogP contribution in [0.1, 0.15) is 0 Å². The average molecular weight is 315 g/mol. The van der Waals surface area contributed by atoms with Crippen LogP contribution in [0.15, 0.2) is 29.2 Å². The molecule has 0 bridgehead atoms. The van der Waals surface area contributed by atoms with Crippen LogP contribution in [-0.2, 0) is 4.74 Å². The fourth-order valence-electron chi connectivity index (χ4n) is 0.979. The second-order valence-electron chi connectivity index (χ2n) is 2.96. The molecule has 0 spiro atoms. The summed E-state index contributed by atoms with van der Waals surface area (Å²) in [6.45, 7) is 0. The minimum absolute atomic E-state index is 0.494. The van der Waals surface area contributed by atoms with E-state index in [4.69, 9.17) is 34.8 Å². The fraction of sp³-hybridized carbons (Fsp3) is 0.300. The Morgan fingerprint density at radius 3 is 2.41 bits per heavy atom. The highest BCUT2D eigenvalue weighted by Crippen LogP contribution is 2.28. The summed E-state index contributed by atoms with van der Waals surface area (Å²) in [5.74, 6) is 0. The predicted molar refractivity (Wildman–Crippen MR) is 72.1 cm³/mol. The van der Waals surface area contributed by atoms with E-state index in [-0.39, 0.29) is 0 Å². The predicted octanol–water partition coefficient (Wildman–Crippen LogP) is 3.92. The lowest BCUT2D eigenvalue weighted by Crippen LogP contribution is -2.36. The zero-order valence-corrected chi connectivity index (χ0v) is 11.9. The number of hydrogen-bond acceptors (Lipinski definition) is 3. The Balaban J connectivity index is 2.66. The van der Waals surface area contributed by atoms with Crippen molar-refractivity contribution in [2.75, 3.05) is 7.11 Å². The molecule has 1 N–H and O–H groups in total. The third-order valence-corrected chi connectivity index (χ3v) is 3.99. The molecule has 0 heterocycles. The molecule has 1 aromatic carbocycles. The normalized spacial score (nSPS) is 12.3. The Morgan fingerprint density at radius 1 is 1.35 bits per heavy atom. The van der Waals surface area contributed by atoms with Gasteiger partial charge in [0.05, 0.1) is 7.11 Å². The van der Waals surface area contributed by atoms with Crippen LogP contribution in [-0.4, -0.2) is 23.4 Å². The molecule has 1 atom stereocenters. The van der Waals surface area contributed by atoms with E-state index in [1.165, 1.54) is 18.9 Å². The summed E-state index contributed by atoms with van der Waals surface area (Å²) < 4.78 is 4.49. The zero-order chi connectivity index (χ0) is 12.8. The Labute approximate surface area is 119 Å². The number of carbonyl (C=O) groups is 1. The Bertz CT molecular complexity index is 372. The standard InChI is InChI=1S/C10H10Cl3NO2S/c1-16-10(15)14-9(8(12)13)17-7-4-2-6(11)3-5-7/h2-5,8-9H,1H3,(H,14,15)/t9-/m1/s1. The third kappa shape index (κ3) is 5.25. The molecule has 3 nitrogen and oxygen atoms in total. The van der Waals surface area contributed by atoms with E-state index >= 15 is 0 Å². The molecule has 1 rings (SSSR count). The monoisotopic (exact) mass is 313 g/mol. The number of thioether (sulfide) groups is 1. The van der Waals surface area contributed by atoms with Gasteiger partial charge in [0.15, 0.2) is 0 Å². The summed E-state index contributed by atoms with van der Waals surface area (Å²) in [5.41, 5.74) is 0. The molecular weight excluding hydrogens is 305 g/mol. The van der Waals surface area contributed by atoms with Gasteiger partial charge in [0.2, 0.25) is 0 Å². The van der Waals surface area contributed by atoms with Crippen molar-refractivity contribution in [3.63, 3.8) is 0 Å². The maximum Gasteiger partial charge on any atom is 0.407 e. The van der Waals surface area contributed by atoms with E-state index in [0.29, 0.717) is 5.02 Å². The lowest BCUT2D eigenvalue weighted by Gasteiger charge is -2.18. The molecule has 0 aromatic heterocycles. The van der Waals surface area contributed by atoms with E-state index in [2.05, 4.69) is 10.1 Å². The van der Waals surface area contributed by atoms with Crippen molar-refractivity contribution in [3.8, 4) is 0 Å². The van der Waals surface area contributed by atoms with Crippen molar-refractivity contribution in [1.29, 1.82) is 0 Å². The highest BCUT2D eigenvalue weighted by molar-refractivity contribution is 8.00. The van der Waals surface area contributed by atoms with Gasteiger partial charge in [-0.15, -0.1) is 23.2 Å². The maximum atomic E-state index is 11.1. The molecule has 0 aliphatic carbocycles. The first-order valence-electron chi connectivity index (χ1n) is 4.58. The van der Waals surface area contributed by atoms with Crippen LogP contribution in [0.25, 0.3) is 0 Å². The molecule has 94 valence electrons. The molecular formula is C10H10Cl3NO2S. The number of hydrogen-bond donors (Lipinski definition) is 1. The van der Waals surface area contributed by atoms with Gasteiger partial charge in [0, 0.05) is 9.92 Å². The quantitative estimate of drug-likeness (QED) is 0.520. The number of amides is 1. The topological polar surface area (TPSA) is 38.3 Å². The van der Waals surface area contributed by atoms with Crippen LogP contribution >= 0.6 is 46.6 Å². The third-order valence-electron chi connectivity index (χ3n) is 1.75. The summed E-state index contributed by atoms with van der Waals surface area (Å²) in [4.78, 5) is 11.2. The lowest BCUT2D eigenvalue weighted by atomic mass is 10.4. The zero-order valence-electron chi connectivity index (χ0n) is 8.82. The SMILES string of the molecule is COC(=O)N[C@H](Sc1ccc(Cl)cc1)C(Cl)Cl. The summed E-state index contributed by atoms with van der Waals surface area (Å²) in [7, 11) is 1.27. The maximum absolute atomic E-state index is 11.1. The van der Waals surface area contributed by atoms with Gasteiger partial charge in [-0.05, 0) is 24.3 Å². The minimum Gasteiger partial charge on any atom is -0.453 e. The van der Waals surface area contributed by atoms with Gasteiger partial charge in [-0.2, -0.15) is 0 Å². The van der Waals surface area contributed by atoms with Gasteiger partial charge < -0.3 is 10.1 Å². The van der Waals surface area contributed by atoms with Crippen molar-refractivity contribution in [2.24, 2.45) is 0 Å². The van der Waals surface area contributed by atoms with Crippen LogP contribution in [0, 0.1) is 0 Å². The molecule has 7 heteroatoms. The van der Waals surface area contributed by atoms with Gasteiger partial charge >= 0.3 is 6.09 Å². The summed E-state index contributed by atoms with van der Waals surface area (Å²) in [6.07, 6.45) is -0.581. The summed E-state index contributed by atoms with van der Waals surface area (Å²) in [6, 6.07) is 7.12. The Morgan fingerprint density at radius 2 is 1.94 bits per heavy atom. The number of benzene rings is 1. The molecule has 0 aliphatic heterocycles. The molecule has 0 unspecified atom stereocenters. The highest BCUT2D eigenvalue weighted by atomic mass is 35.5. The Kier molecular flexibility index (Phi) is 6.27. The highest BCUT2D eigenvalue weighted by Gasteiger charge is 2.20. The first-order chi connectivity index (χ1) is 8.02. The van der Waals surface area contributed by atoms with Crippen molar-refractivity contribution in [2.45, 2.75) is 15.1 Å². The average Bonchev–Trinajstić information content (AvgIpc) is 2.30. The van der Waals surface area contributed by atoms with Gasteiger partial charge in [-0.25, -0.2) is 4.79 Å². The molecule has 0 fully saturated rings. The number of alkyl carbamates (subject to hydrolysis) is 1. The smallest absolute Gasteiger partial charge is 0.407 e. The van der Waals surface area contributed by atoms with Crippen molar-refractivity contribution >= 4 is 52.7 Å². The second-order valence-corrected chi connectivity index (χ2v) is 5.78. The van der Waals surface area contributed by atoms with Crippen molar-refractivity contribution < 1.29 is 9.53 Å². The molecule has 17 heavy (non-hydrogen) atoms. The van der Waals surface area contributed by atoms with E-state index < -0.39 is 16.3 Å². The van der Waals surface area contributed by atoms with Crippen molar-refractivity contribution in [3.05, 3.63) is 29.3 Å². The minimum atomic E-state index is -0.755. The fourth-order valence-corrected chi connectivity index (χ4v) is 2.38. The van der Waals surface area contributed by atoms with E-state index in [9.17, 15) is 4.79 Å². The van der Waals surface area contributed by atoms with E-state index in [1.54, 1.807) is 12.1 Å². The van der Waals surface area contributed by atoms with Gasteiger partial charge in [-0.1, -0.05) is 23.4 Å². The number of carbonyl (C=O) groups excluding carboxylic acids is 1. The van der Waals surface area contributed by atoms with Crippen LogP contribution in [0.5, 0.6) is 0 Å². The number of ether oxygens (including phenoxy) is 1. The first kappa shape index (κ1) is 14.8. The molecule has 0 radical (unpaired) electrons. The van der Waals surface area contributed by atoms with Crippen LogP contribution in [0.2, 0.25) is 5.02 Å².